The van der Waals surface area contributed by atoms with Gasteiger partial charge in [0.1, 0.15) is 5.75 Å². The highest BCUT2D eigenvalue weighted by Gasteiger charge is 2.54. The minimum Gasteiger partial charge on any atom is -0.507 e. The molecule has 0 aliphatic heterocycles. The van der Waals surface area contributed by atoms with E-state index in [2.05, 4.69) is 39.7 Å². The Balaban J connectivity index is 1.75. The quantitative estimate of drug-likeness (QED) is 0.664. The first-order valence-electron chi connectivity index (χ1n) is 8.70. The number of hydrogen-bond donors (Lipinski definition) is 2. The number of halogens is 1. The van der Waals surface area contributed by atoms with Gasteiger partial charge in [0.15, 0.2) is 0 Å². The maximum absolute atomic E-state index is 10.5. The molecule has 0 saturated heterocycles. The lowest BCUT2D eigenvalue weighted by atomic mass is 9.55. The van der Waals surface area contributed by atoms with Crippen molar-refractivity contribution in [3.8, 4) is 16.5 Å². The fourth-order valence-electron chi connectivity index (χ4n) is 5.81. The molecule has 0 bridgehead atoms. The van der Waals surface area contributed by atoms with Crippen molar-refractivity contribution >= 4 is 15.9 Å². The third-order valence-electron chi connectivity index (χ3n) is 7.01. The Kier molecular flexibility index (Phi) is 3.74. The first-order chi connectivity index (χ1) is 11.1. The second-order valence-electron chi connectivity index (χ2n) is 7.80. The van der Waals surface area contributed by atoms with Crippen molar-refractivity contribution in [1.29, 1.82) is 0 Å². The van der Waals surface area contributed by atoms with Crippen LogP contribution in [0.15, 0.2) is 12.1 Å². The number of aliphatic hydroxyl groups excluding tert-OH is 1. The van der Waals surface area contributed by atoms with Gasteiger partial charge in [-0.3, -0.25) is 0 Å². The zero-order valence-corrected chi connectivity index (χ0v) is 15.1. The normalized spacial score (nSPS) is 38.0. The van der Waals surface area contributed by atoms with Gasteiger partial charge in [-0.2, -0.15) is 0 Å². The molecule has 1 unspecified atom stereocenters. The molecule has 2 saturated carbocycles. The van der Waals surface area contributed by atoms with E-state index in [9.17, 15) is 10.2 Å². The Labute approximate surface area is 146 Å². The molecule has 4 rings (SSSR count). The van der Waals surface area contributed by atoms with Gasteiger partial charge in [-0.1, -0.05) is 18.9 Å². The molecular weight excluding hydrogens is 352 g/mol. The van der Waals surface area contributed by atoms with Gasteiger partial charge in [0, 0.05) is 15.9 Å². The summed E-state index contributed by atoms with van der Waals surface area (Å²) >= 11 is 3.17. The minimum absolute atomic E-state index is 0.119. The summed E-state index contributed by atoms with van der Waals surface area (Å²) in [4.78, 5) is 2.77. The summed E-state index contributed by atoms with van der Waals surface area (Å²) in [5.41, 5.74) is 3.57. The second-order valence-corrected chi connectivity index (χ2v) is 8.20. The number of aromatic hydroxyl groups is 1. The van der Waals surface area contributed by atoms with Crippen molar-refractivity contribution < 1.29 is 10.2 Å². The fourth-order valence-corrected chi connectivity index (χ4v) is 6.01. The SMILES string of the molecule is C[C@]12CC[C@@H]3c4ccc(O)c(C#CBr)c4CC[C@H]3[C@@H]1CCC2O. The Bertz CT molecular complexity index is 702. The maximum atomic E-state index is 10.5. The van der Waals surface area contributed by atoms with E-state index >= 15 is 0 Å². The van der Waals surface area contributed by atoms with E-state index in [-0.39, 0.29) is 11.5 Å². The lowest BCUT2D eigenvalue weighted by molar-refractivity contribution is -0.0226. The predicted molar refractivity (Wildman–Crippen MR) is 94.5 cm³/mol. The molecule has 1 aromatic rings. The van der Waals surface area contributed by atoms with Crippen LogP contribution in [0.3, 0.4) is 0 Å². The van der Waals surface area contributed by atoms with Gasteiger partial charge in [0.25, 0.3) is 0 Å². The highest BCUT2D eigenvalue weighted by Crippen LogP contribution is 2.61. The highest BCUT2D eigenvalue weighted by molar-refractivity contribution is 9.12. The summed E-state index contributed by atoms with van der Waals surface area (Å²) < 4.78 is 0. The lowest BCUT2D eigenvalue weighted by Crippen LogP contribution is -2.44. The Hall–Kier alpha value is -0.980. The first kappa shape index (κ1) is 15.5. The lowest BCUT2D eigenvalue weighted by Gasteiger charge is -2.50. The van der Waals surface area contributed by atoms with Crippen molar-refractivity contribution in [3.63, 3.8) is 0 Å². The molecule has 5 atom stereocenters. The molecule has 3 heteroatoms. The van der Waals surface area contributed by atoms with Crippen LogP contribution in [0.25, 0.3) is 0 Å². The smallest absolute Gasteiger partial charge is 0.131 e. The summed E-state index contributed by atoms with van der Waals surface area (Å²) in [6.07, 6.45) is 6.42. The molecule has 0 amide bonds. The average molecular weight is 375 g/mol. The van der Waals surface area contributed by atoms with Crippen molar-refractivity contribution in [3.05, 3.63) is 28.8 Å². The van der Waals surface area contributed by atoms with Gasteiger partial charge in [-0.15, -0.1) is 0 Å². The molecule has 1 aromatic carbocycles. The van der Waals surface area contributed by atoms with Crippen LogP contribution >= 0.6 is 15.9 Å². The number of aliphatic hydroxyl groups is 1. The van der Waals surface area contributed by atoms with Crippen molar-refractivity contribution in [1.82, 2.24) is 0 Å². The van der Waals surface area contributed by atoms with E-state index < -0.39 is 0 Å². The molecule has 0 heterocycles. The summed E-state index contributed by atoms with van der Waals surface area (Å²) in [6, 6.07) is 3.93. The number of phenols is 1. The van der Waals surface area contributed by atoms with Crippen LogP contribution in [0.2, 0.25) is 0 Å². The number of hydrogen-bond acceptors (Lipinski definition) is 2. The monoisotopic (exact) mass is 374 g/mol. The van der Waals surface area contributed by atoms with E-state index in [0.717, 1.165) is 37.7 Å². The molecule has 2 nitrogen and oxygen atoms in total. The molecule has 3 aliphatic carbocycles. The third kappa shape index (κ3) is 2.18. The molecule has 0 spiro atoms. The standard InChI is InChI=1S/C20H23BrO2/c1-20-10-8-14-12-4-6-18(22)16(9-11-21)13(12)2-3-15(14)17(20)5-7-19(20)23/h4,6,14-15,17,19,22-23H,2-3,5,7-8,10H2,1H3/t14-,15-,17+,19?,20+/m1/s1. The summed E-state index contributed by atoms with van der Waals surface area (Å²) in [5, 5.41) is 20.6. The largest absolute Gasteiger partial charge is 0.507 e. The van der Waals surface area contributed by atoms with Gasteiger partial charge >= 0.3 is 0 Å². The molecule has 2 fully saturated rings. The molecule has 0 radical (unpaired) electrons. The van der Waals surface area contributed by atoms with Gasteiger partial charge in [0.2, 0.25) is 0 Å². The van der Waals surface area contributed by atoms with Gasteiger partial charge in [0.05, 0.1) is 11.7 Å². The molecule has 23 heavy (non-hydrogen) atoms. The fraction of sp³-hybridized carbons (Fsp3) is 0.600. The number of phenolic OH excluding ortho intramolecular Hbond substituents is 1. The van der Waals surface area contributed by atoms with Crippen LogP contribution in [-0.2, 0) is 6.42 Å². The topological polar surface area (TPSA) is 40.5 Å². The van der Waals surface area contributed by atoms with Crippen molar-refractivity contribution in [2.75, 3.05) is 0 Å². The van der Waals surface area contributed by atoms with E-state index in [1.807, 2.05) is 6.07 Å². The molecular formula is C20H23BrO2. The van der Waals surface area contributed by atoms with Crippen LogP contribution < -0.4 is 0 Å². The average Bonchev–Trinajstić information content (AvgIpc) is 2.85. The third-order valence-corrected chi connectivity index (χ3v) is 7.21. The minimum atomic E-state index is -0.121. The second kappa shape index (κ2) is 5.53. The van der Waals surface area contributed by atoms with Crippen molar-refractivity contribution in [2.24, 2.45) is 17.3 Å². The van der Waals surface area contributed by atoms with E-state index in [1.54, 1.807) is 0 Å². The Morgan fingerprint density at radius 1 is 1.22 bits per heavy atom. The van der Waals surface area contributed by atoms with Gasteiger partial charge in [-0.05, 0) is 83.7 Å². The summed E-state index contributed by atoms with van der Waals surface area (Å²) in [5.74, 6) is 5.22. The number of rotatable bonds is 0. The number of benzene rings is 1. The summed E-state index contributed by atoms with van der Waals surface area (Å²) in [7, 11) is 0. The maximum Gasteiger partial charge on any atom is 0.131 e. The highest BCUT2D eigenvalue weighted by atomic mass is 79.9. The first-order valence-corrected chi connectivity index (χ1v) is 9.50. The van der Waals surface area contributed by atoms with Gasteiger partial charge in [-0.25, -0.2) is 0 Å². The number of fused-ring (bicyclic) bond motifs is 5. The summed E-state index contributed by atoms with van der Waals surface area (Å²) in [6.45, 7) is 2.31. The predicted octanol–water partition coefficient (Wildman–Crippen LogP) is 4.31. The van der Waals surface area contributed by atoms with Crippen LogP contribution in [0, 0.1) is 28.0 Å². The van der Waals surface area contributed by atoms with E-state index in [0.29, 0.717) is 23.5 Å². The zero-order chi connectivity index (χ0) is 16.2. The Morgan fingerprint density at radius 3 is 2.83 bits per heavy atom. The zero-order valence-electron chi connectivity index (χ0n) is 13.5. The molecule has 0 aromatic heterocycles. The van der Waals surface area contributed by atoms with Crippen LogP contribution in [0.1, 0.15) is 61.6 Å². The van der Waals surface area contributed by atoms with Crippen LogP contribution in [0.5, 0.6) is 5.75 Å². The molecule has 3 aliphatic rings. The van der Waals surface area contributed by atoms with Crippen LogP contribution in [-0.4, -0.2) is 16.3 Å². The van der Waals surface area contributed by atoms with E-state index in [1.165, 1.54) is 17.5 Å². The van der Waals surface area contributed by atoms with Crippen molar-refractivity contribution in [2.45, 2.75) is 57.5 Å². The molecule has 2 N–H and O–H groups in total. The van der Waals surface area contributed by atoms with Gasteiger partial charge < -0.3 is 10.2 Å². The molecule has 122 valence electrons. The van der Waals surface area contributed by atoms with E-state index in [4.69, 9.17) is 0 Å². The Morgan fingerprint density at radius 2 is 2.04 bits per heavy atom. The van der Waals surface area contributed by atoms with Crippen LogP contribution in [0.4, 0.5) is 0 Å².